The van der Waals surface area contributed by atoms with Crippen molar-refractivity contribution in [3.05, 3.63) is 35.9 Å². The first-order chi connectivity index (χ1) is 19.2. The highest BCUT2D eigenvalue weighted by atomic mass is 16.7. The number of amides is 3. The van der Waals surface area contributed by atoms with Crippen molar-refractivity contribution in [3.63, 3.8) is 0 Å². The lowest BCUT2D eigenvalue weighted by Crippen LogP contribution is -2.72. The van der Waals surface area contributed by atoms with E-state index in [2.05, 4.69) is 18.7 Å². The second kappa shape index (κ2) is 14.4. The van der Waals surface area contributed by atoms with Crippen LogP contribution in [0.5, 0.6) is 0 Å². The Morgan fingerprint density at radius 2 is 1.71 bits per heavy atom. The number of hydroxylamine groups is 2. The number of fused-ring (bicyclic) bond motifs is 1. The predicted octanol–water partition coefficient (Wildman–Crippen LogP) is 5.13. The predicted molar refractivity (Wildman–Crippen MR) is 157 cm³/mol. The Morgan fingerprint density at radius 3 is 2.32 bits per heavy atom. The van der Waals surface area contributed by atoms with E-state index in [1.807, 2.05) is 69.9 Å². The van der Waals surface area contributed by atoms with Crippen LogP contribution < -0.4 is 0 Å². The van der Waals surface area contributed by atoms with Crippen molar-refractivity contribution in [3.8, 4) is 0 Å². The molecule has 3 rings (SSSR count). The van der Waals surface area contributed by atoms with E-state index in [1.54, 1.807) is 11.9 Å². The fourth-order valence-corrected chi connectivity index (χ4v) is 5.35. The van der Waals surface area contributed by atoms with Gasteiger partial charge in [-0.05, 0) is 57.4 Å². The topological polar surface area (TPSA) is 91.9 Å². The molecule has 0 unspecified atom stereocenters. The van der Waals surface area contributed by atoms with Crippen LogP contribution in [0, 0.1) is 11.8 Å². The average molecular weight is 575 g/mol. The van der Waals surface area contributed by atoms with Crippen LogP contribution in [0.4, 0.5) is 9.59 Å². The third kappa shape index (κ3) is 9.60. The molecule has 2 aliphatic heterocycles. The summed E-state index contributed by atoms with van der Waals surface area (Å²) in [4.78, 5) is 51.5. The minimum absolute atomic E-state index is 0.0641. The largest absolute Gasteiger partial charge is 0.444 e. The lowest BCUT2D eigenvalue weighted by Gasteiger charge is -2.53. The molecule has 0 radical (unpaired) electrons. The van der Waals surface area contributed by atoms with E-state index in [4.69, 9.17) is 14.3 Å². The van der Waals surface area contributed by atoms with Gasteiger partial charge in [0.05, 0.1) is 0 Å². The van der Waals surface area contributed by atoms with Crippen molar-refractivity contribution >= 4 is 18.1 Å². The number of nitrogens with zero attached hydrogens (tertiary/aromatic N) is 4. The number of ether oxygens (including phenoxy) is 2. The van der Waals surface area contributed by atoms with Gasteiger partial charge in [0.25, 0.3) is 5.91 Å². The molecule has 10 heteroatoms. The summed E-state index contributed by atoms with van der Waals surface area (Å²) in [6.45, 7) is 16.4. The zero-order valence-electron chi connectivity index (χ0n) is 26.2. The van der Waals surface area contributed by atoms with Crippen molar-refractivity contribution in [2.45, 2.75) is 98.2 Å². The number of carbonyl (C=O) groups is 3. The van der Waals surface area contributed by atoms with Gasteiger partial charge in [-0.25, -0.2) is 9.59 Å². The highest BCUT2D eigenvalue weighted by Crippen LogP contribution is 2.32. The molecule has 3 amide bonds. The zero-order chi connectivity index (χ0) is 30.3. The Balaban J connectivity index is 1.76. The molecule has 0 N–H and O–H groups in total. The molecule has 2 heterocycles. The van der Waals surface area contributed by atoms with Gasteiger partial charge in [0.1, 0.15) is 18.4 Å². The van der Waals surface area contributed by atoms with E-state index in [1.165, 1.54) is 5.06 Å². The first kappa shape index (κ1) is 32.7. The Morgan fingerprint density at radius 1 is 1.05 bits per heavy atom. The van der Waals surface area contributed by atoms with E-state index >= 15 is 0 Å². The van der Waals surface area contributed by atoms with Gasteiger partial charge in [-0.3, -0.25) is 14.5 Å². The summed E-state index contributed by atoms with van der Waals surface area (Å²) < 4.78 is 11.2. The Kier molecular flexibility index (Phi) is 11.4. The van der Waals surface area contributed by atoms with Crippen molar-refractivity contribution in [2.75, 3.05) is 33.2 Å². The molecule has 0 saturated carbocycles. The van der Waals surface area contributed by atoms with Crippen LogP contribution in [0.3, 0.4) is 0 Å². The maximum atomic E-state index is 13.8. The number of hydrogen-bond acceptors (Lipinski definition) is 7. The highest BCUT2D eigenvalue weighted by Gasteiger charge is 2.50. The van der Waals surface area contributed by atoms with Crippen LogP contribution in [0.2, 0.25) is 0 Å². The summed E-state index contributed by atoms with van der Waals surface area (Å²) >= 11 is 0. The second-order valence-corrected chi connectivity index (χ2v) is 13.1. The number of piperazine rings is 1. The monoisotopic (exact) mass is 574 g/mol. The van der Waals surface area contributed by atoms with Crippen LogP contribution in [0.15, 0.2) is 30.3 Å². The Bertz CT molecular complexity index is 1010. The zero-order valence-corrected chi connectivity index (χ0v) is 26.2. The van der Waals surface area contributed by atoms with Crippen molar-refractivity contribution in [1.29, 1.82) is 0 Å². The second-order valence-electron chi connectivity index (χ2n) is 13.1. The molecule has 0 bridgehead atoms. The summed E-state index contributed by atoms with van der Waals surface area (Å²) in [6.07, 6.45) is -0.249. The molecule has 2 fully saturated rings. The number of rotatable bonds is 10. The van der Waals surface area contributed by atoms with E-state index in [0.29, 0.717) is 38.5 Å². The lowest BCUT2D eigenvalue weighted by molar-refractivity contribution is -0.272. The van der Waals surface area contributed by atoms with Crippen LogP contribution in [-0.2, 0) is 25.7 Å². The summed E-state index contributed by atoms with van der Waals surface area (Å²) in [5.41, 5.74) is 0.326. The van der Waals surface area contributed by atoms with Gasteiger partial charge in [0, 0.05) is 39.3 Å². The molecular formula is C31H50N4O6. The Hall–Kier alpha value is -2.85. The van der Waals surface area contributed by atoms with Gasteiger partial charge in [-0.15, -0.1) is 0 Å². The van der Waals surface area contributed by atoms with Gasteiger partial charge >= 0.3 is 12.2 Å². The normalized spacial score (nSPS) is 21.7. The van der Waals surface area contributed by atoms with Gasteiger partial charge in [0.15, 0.2) is 6.10 Å². The summed E-state index contributed by atoms with van der Waals surface area (Å²) in [5, 5.41) is 1.30. The van der Waals surface area contributed by atoms with Crippen LogP contribution in [-0.4, -0.2) is 95.0 Å². The third-order valence-electron chi connectivity index (χ3n) is 7.13. The molecule has 0 spiro atoms. The molecule has 1 aromatic carbocycles. The molecular weight excluding hydrogens is 524 g/mol. The van der Waals surface area contributed by atoms with Gasteiger partial charge in [0.2, 0.25) is 0 Å². The highest BCUT2D eigenvalue weighted by molar-refractivity contribution is 5.83. The smallest absolute Gasteiger partial charge is 0.436 e. The van der Waals surface area contributed by atoms with Crippen LogP contribution in [0.1, 0.15) is 73.3 Å². The summed E-state index contributed by atoms with van der Waals surface area (Å²) in [5.74, 6) is 0.511. The molecule has 10 nitrogen and oxygen atoms in total. The molecule has 1 aromatic rings. The fourth-order valence-electron chi connectivity index (χ4n) is 5.35. The first-order valence-corrected chi connectivity index (χ1v) is 14.9. The Labute approximate surface area is 245 Å². The van der Waals surface area contributed by atoms with E-state index in [9.17, 15) is 14.4 Å². The van der Waals surface area contributed by atoms with Crippen molar-refractivity contribution in [1.82, 2.24) is 19.8 Å². The van der Waals surface area contributed by atoms with E-state index < -0.39 is 24.0 Å². The molecule has 0 aromatic heterocycles. The molecule has 2 saturated heterocycles. The first-order valence-electron chi connectivity index (χ1n) is 14.9. The van der Waals surface area contributed by atoms with Crippen molar-refractivity contribution in [2.24, 2.45) is 11.8 Å². The van der Waals surface area contributed by atoms with Crippen LogP contribution in [0.25, 0.3) is 0 Å². The van der Waals surface area contributed by atoms with Crippen LogP contribution >= 0.6 is 0 Å². The van der Waals surface area contributed by atoms with E-state index in [-0.39, 0.29) is 30.6 Å². The number of carbonyl (C=O) groups excluding carboxylic acids is 3. The third-order valence-corrected chi connectivity index (χ3v) is 7.13. The number of benzene rings is 1. The van der Waals surface area contributed by atoms with E-state index in [0.717, 1.165) is 18.4 Å². The molecule has 2 aliphatic rings. The minimum Gasteiger partial charge on any atom is -0.444 e. The quantitative estimate of drug-likeness (QED) is 0.383. The van der Waals surface area contributed by atoms with Gasteiger partial charge in [-0.1, -0.05) is 58.0 Å². The lowest BCUT2D eigenvalue weighted by atomic mass is 9.96. The van der Waals surface area contributed by atoms with Gasteiger partial charge in [-0.2, -0.15) is 5.06 Å². The number of hydrogen-bond donors (Lipinski definition) is 0. The maximum Gasteiger partial charge on any atom is 0.436 e. The average Bonchev–Trinajstić information content (AvgIpc) is 2.87. The molecule has 0 aliphatic carbocycles. The standard InChI is InChI=1S/C31H50N4O6/c1-22(2)17-25-19-33(16-12-15-32(8)29(37)40-31(5,6)7)20-27-34(25)28(36)26(18-23(3)4)41-35(27)30(38)39-21-24-13-10-9-11-14-24/h9-11,13-14,22-23,25-27H,12,15-21H2,1-8H3/t25-,26+,27-/m0/s1. The minimum atomic E-state index is -0.737. The fraction of sp³-hybridized carbons (Fsp3) is 0.710. The summed E-state index contributed by atoms with van der Waals surface area (Å²) in [7, 11) is 1.74. The molecule has 3 atom stereocenters. The maximum absolute atomic E-state index is 13.8. The summed E-state index contributed by atoms with van der Waals surface area (Å²) in [6, 6.07) is 9.43. The molecule has 41 heavy (non-hydrogen) atoms. The van der Waals surface area contributed by atoms with Crippen molar-refractivity contribution < 1.29 is 28.7 Å². The SMILES string of the molecule is CC(C)C[C@H]1CN(CCCN(C)C(=O)OC(C)(C)C)C[C@@H]2N(C(=O)OCc3ccccc3)O[C@H](CC(C)C)C(=O)N12. The molecule has 230 valence electrons. The van der Waals surface area contributed by atoms with Gasteiger partial charge < -0.3 is 19.3 Å².